The Balaban J connectivity index is 1.93. The van der Waals surface area contributed by atoms with Crippen molar-refractivity contribution in [1.82, 2.24) is 4.57 Å². The molecule has 2 aromatic rings. The minimum Gasteiger partial charge on any atom is -0.384 e. The maximum Gasteiger partial charge on any atom is 0.258 e. The summed E-state index contributed by atoms with van der Waals surface area (Å²) < 4.78 is 6.98. The first-order chi connectivity index (χ1) is 9.19. The highest BCUT2D eigenvalue weighted by Gasteiger charge is 2.30. The molecule has 3 rings (SSSR count). The summed E-state index contributed by atoms with van der Waals surface area (Å²) in [4.78, 5) is 12.5. The molecule has 0 bridgehead atoms. The number of fused-ring (bicyclic) bond motifs is 1. The number of nitrogens with zero attached hydrogens (tertiary/aromatic N) is 1. The third-order valence-corrected chi connectivity index (χ3v) is 4.14. The Morgan fingerprint density at radius 3 is 2.89 bits per heavy atom. The Morgan fingerprint density at radius 2 is 2.16 bits per heavy atom. The van der Waals surface area contributed by atoms with Crippen molar-refractivity contribution < 1.29 is 4.74 Å². The zero-order valence-corrected chi connectivity index (χ0v) is 11.6. The third kappa shape index (κ3) is 2.28. The molecule has 0 unspecified atom stereocenters. The molecule has 4 heteroatoms. The molecule has 0 aliphatic heterocycles. The molecule has 1 fully saturated rings. The molecule has 1 saturated carbocycles. The Hall–Kier alpha value is -1.32. The second kappa shape index (κ2) is 4.99. The monoisotopic (exact) mass is 277 g/mol. The van der Waals surface area contributed by atoms with E-state index in [1.54, 1.807) is 13.2 Å². The molecule has 0 amide bonds. The summed E-state index contributed by atoms with van der Waals surface area (Å²) in [6.07, 6.45) is 3.92. The third-order valence-electron chi connectivity index (χ3n) is 3.90. The van der Waals surface area contributed by atoms with Gasteiger partial charge in [0.2, 0.25) is 0 Å². The molecule has 0 spiro atoms. The molecule has 0 radical (unpaired) electrons. The number of ether oxygens (including phenoxy) is 1. The minimum absolute atomic E-state index is 0.0564. The molecule has 1 aromatic carbocycles. The first kappa shape index (κ1) is 12.7. The van der Waals surface area contributed by atoms with Crippen LogP contribution in [0.3, 0.4) is 0 Å². The van der Waals surface area contributed by atoms with Crippen LogP contribution in [-0.4, -0.2) is 18.3 Å². The van der Waals surface area contributed by atoms with Crippen molar-refractivity contribution in [3.8, 4) is 0 Å². The highest BCUT2D eigenvalue weighted by Crippen LogP contribution is 2.37. The van der Waals surface area contributed by atoms with Gasteiger partial charge in [-0.2, -0.15) is 0 Å². The Kier molecular flexibility index (Phi) is 3.33. The first-order valence-corrected chi connectivity index (χ1v) is 6.86. The second-order valence-corrected chi connectivity index (χ2v) is 5.64. The van der Waals surface area contributed by atoms with Gasteiger partial charge in [0, 0.05) is 36.4 Å². The van der Waals surface area contributed by atoms with Gasteiger partial charge in [0.1, 0.15) is 0 Å². The van der Waals surface area contributed by atoms with Crippen LogP contribution in [0.5, 0.6) is 0 Å². The van der Waals surface area contributed by atoms with Crippen molar-refractivity contribution in [2.75, 3.05) is 13.7 Å². The van der Waals surface area contributed by atoms with E-state index in [1.165, 1.54) is 0 Å². The van der Waals surface area contributed by atoms with Gasteiger partial charge in [-0.25, -0.2) is 0 Å². The number of hydrogen-bond donors (Lipinski definition) is 0. The molecule has 0 saturated heterocycles. The zero-order chi connectivity index (χ0) is 13.4. The van der Waals surface area contributed by atoms with Crippen molar-refractivity contribution in [2.45, 2.75) is 18.9 Å². The zero-order valence-electron chi connectivity index (χ0n) is 10.8. The quantitative estimate of drug-likeness (QED) is 0.862. The van der Waals surface area contributed by atoms with Crippen LogP contribution >= 0.6 is 11.6 Å². The molecule has 19 heavy (non-hydrogen) atoms. The smallest absolute Gasteiger partial charge is 0.258 e. The van der Waals surface area contributed by atoms with Crippen molar-refractivity contribution in [3.05, 3.63) is 45.8 Å². The molecule has 1 aliphatic carbocycles. The Bertz CT molecular complexity index is 659. The van der Waals surface area contributed by atoms with Crippen LogP contribution in [-0.2, 0) is 4.74 Å². The maximum atomic E-state index is 12.5. The van der Waals surface area contributed by atoms with Crippen LogP contribution in [0.4, 0.5) is 0 Å². The molecule has 1 aromatic heterocycles. The average Bonchev–Trinajstić information content (AvgIpc) is 2.35. The lowest BCUT2D eigenvalue weighted by atomic mass is 9.80. The number of halogens is 1. The number of methoxy groups -OCH3 is 1. The van der Waals surface area contributed by atoms with Gasteiger partial charge < -0.3 is 9.30 Å². The fourth-order valence-corrected chi connectivity index (χ4v) is 2.99. The van der Waals surface area contributed by atoms with Crippen molar-refractivity contribution in [2.24, 2.45) is 5.92 Å². The molecule has 100 valence electrons. The number of benzene rings is 1. The predicted octanol–water partition coefficient (Wildman–Crippen LogP) is 3.25. The van der Waals surface area contributed by atoms with E-state index in [9.17, 15) is 4.79 Å². The molecule has 1 aliphatic rings. The summed E-state index contributed by atoms with van der Waals surface area (Å²) in [6, 6.07) is 7.73. The van der Waals surface area contributed by atoms with E-state index in [4.69, 9.17) is 16.3 Å². The van der Waals surface area contributed by atoms with Crippen LogP contribution in [0, 0.1) is 5.92 Å². The largest absolute Gasteiger partial charge is 0.384 e. The number of aromatic nitrogens is 1. The van der Waals surface area contributed by atoms with Gasteiger partial charge in [0.25, 0.3) is 5.56 Å². The van der Waals surface area contributed by atoms with Crippen LogP contribution in [0.1, 0.15) is 18.9 Å². The normalized spacial score (nSPS) is 22.4. The average molecular weight is 278 g/mol. The maximum absolute atomic E-state index is 12.5. The van der Waals surface area contributed by atoms with Crippen molar-refractivity contribution in [3.63, 3.8) is 0 Å². The van der Waals surface area contributed by atoms with Crippen LogP contribution in [0.25, 0.3) is 10.8 Å². The van der Waals surface area contributed by atoms with Gasteiger partial charge >= 0.3 is 0 Å². The van der Waals surface area contributed by atoms with Gasteiger partial charge in [-0.1, -0.05) is 17.7 Å². The Labute approximate surface area is 116 Å². The van der Waals surface area contributed by atoms with E-state index in [0.29, 0.717) is 22.4 Å². The van der Waals surface area contributed by atoms with E-state index in [2.05, 4.69) is 0 Å². The number of rotatable bonds is 3. The molecule has 1 heterocycles. The van der Waals surface area contributed by atoms with E-state index >= 15 is 0 Å². The number of pyridine rings is 1. The summed E-state index contributed by atoms with van der Waals surface area (Å²) in [6.45, 7) is 0.782. The summed E-state index contributed by atoms with van der Waals surface area (Å²) in [5.74, 6) is 0.581. The van der Waals surface area contributed by atoms with E-state index in [-0.39, 0.29) is 5.56 Å². The SMILES string of the molecule is COCC1CC(n2ccc3ccc(Cl)cc3c2=O)C1. The standard InChI is InChI=1S/C15H16ClNO2/c1-19-9-10-6-13(7-10)17-5-4-11-2-3-12(16)8-14(11)15(17)18/h2-5,8,10,13H,6-7,9H2,1H3. The summed E-state index contributed by atoms with van der Waals surface area (Å²) >= 11 is 5.97. The van der Waals surface area contributed by atoms with E-state index in [0.717, 1.165) is 24.8 Å². The predicted molar refractivity (Wildman–Crippen MR) is 76.9 cm³/mol. The fraction of sp³-hybridized carbons (Fsp3) is 0.400. The van der Waals surface area contributed by atoms with Gasteiger partial charge in [-0.15, -0.1) is 0 Å². The molecular weight excluding hydrogens is 262 g/mol. The van der Waals surface area contributed by atoms with Gasteiger partial charge in [-0.3, -0.25) is 4.79 Å². The minimum atomic E-state index is 0.0564. The summed E-state index contributed by atoms with van der Waals surface area (Å²) in [7, 11) is 1.72. The van der Waals surface area contributed by atoms with Gasteiger partial charge in [-0.05, 0) is 42.3 Å². The van der Waals surface area contributed by atoms with Crippen LogP contribution < -0.4 is 5.56 Å². The molecule has 0 atom stereocenters. The topological polar surface area (TPSA) is 31.2 Å². The summed E-state index contributed by atoms with van der Waals surface area (Å²) in [5.41, 5.74) is 0.0564. The Morgan fingerprint density at radius 1 is 1.37 bits per heavy atom. The molecule has 0 N–H and O–H groups in total. The fourth-order valence-electron chi connectivity index (χ4n) is 2.81. The van der Waals surface area contributed by atoms with Gasteiger partial charge in [0.05, 0.1) is 0 Å². The van der Waals surface area contributed by atoms with E-state index < -0.39 is 0 Å². The summed E-state index contributed by atoms with van der Waals surface area (Å²) in [5, 5.41) is 2.25. The van der Waals surface area contributed by atoms with Crippen LogP contribution in [0.15, 0.2) is 35.3 Å². The molecule has 3 nitrogen and oxygen atoms in total. The molecular formula is C15H16ClNO2. The highest BCUT2D eigenvalue weighted by molar-refractivity contribution is 6.31. The number of hydrogen-bond acceptors (Lipinski definition) is 2. The van der Waals surface area contributed by atoms with Crippen LogP contribution in [0.2, 0.25) is 5.02 Å². The lowest BCUT2D eigenvalue weighted by Gasteiger charge is -2.36. The second-order valence-electron chi connectivity index (χ2n) is 5.21. The lowest BCUT2D eigenvalue weighted by Crippen LogP contribution is -2.35. The van der Waals surface area contributed by atoms with E-state index in [1.807, 2.05) is 29.0 Å². The lowest BCUT2D eigenvalue weighted by molar-refractivity contribution is 0.0766. The first-order valence-electron chi connectivity index (χ1n) is 6.48. The van der Waals surface area contributed by atoms with Crippen molar-refractivity contribution in [1.29, 1.82) is 0 Å². The van der Waals surface area contributed by atoms with Crippen molar-refractivity contribution >= 4 is 22.4 Å². The highest BCUT2D eigenvalue weighted by atomic mass is 35.5. The van der Waals surface area contributed by atoms with Gasteiger partial charge in [0.15, 0.2) is 0 Å².